The van der Waals surface area contributed by atoms with E-state index in [1.807, 2.05) is 42.5 Å². The fourth-order valence-electron chi connectivity index (χ4n) is 3.37. The maximum Gasteiger partial charge on any atom is 0.335 e. The van der Waals surface area contributed by atoms with Crippen LogP contribution in [0.2, 0.25) is 10.0 Å². The molecule has 1 N–H and O–H groups in total. The van der Waals surface area contributed by atoms with E-state index in [4.69, 9.17) is 28.3 Å². The molecule has 1 amide bonds. The molecule has 162 valence electrons. The zero-order valence-corrected chi connectivity index (χ0v) is 19.1. The largest absolute Gasteiger partial charge is 0.478 e. The highest BCUT2D eigenvalue weighted by Crippen LogP contribution is 2.34. The van der Waals surface area contributed by atoms with Crippen LogP contribution in [0, 0.1) is 0 Å². The van der Waals surface area contributed by atoms with Gasteiger partial charge >= 0.3 is 5.97 Å². The molecule has 1 aliphatic rings. The predicted octanol–water partition coefficient (Wildman–Crippen LogP) is 6.07. The topological polar surface area (TPSA) is 70.0 Å². The molecule has 1 atom stereocenters. The SMILES string of the molecule is O=C(O)c1ccc(N=C2SC(Cc3cc(Cl)cc(Cl)c3)C(=O)N2Cc2ccccc2)cc1. The van der Waals surface area contributed by atoms with E-state index in [-0.39, 0.29) is 16.7 Å². The number of carboxylic acids is 1. The fraction of sp³-hybridized carbons (Fsp3) is 0.125. The van der Waals surface area contributed by atoms with E-state index in [1.165, 1.54) is 23.9 Å². The predicted molar refractivity (Wildman–Crippen MR) is 129 cm³/mol. The minimum atomic E-state index is -0.999. The van der Waals surface area contributed by atoms with E-state index in [2.05, 4.69) is 4.99 Å². The molecule has 4 rings (SSSR count). The molecule has 0 aromatic heterocycles. The Morgan fingerprint density at radius 3 is 2.25 bits per heavy atom. The molecule has 3 aromatic rings. The number of rotatable bonds is 6. The minimum Gasteiger partial charge on any atom is -0.478 e. The van der Waals surface area contributed by atoms with Gasteiger partial charge in [-0.25, -0.2) is 9.79 Å². The minimum absolute atomic E-state index is 0.0455. The molecule has 32 heavy (non-hydrogen) atoms. The first-order valence-electron chi connectivity index (χ1n) is 9.78. The molecule has 3 aromatic carbocycles. The number of thioether (sulfide) groups is 1. The van der Waals surface area contributed by atoms with Crippen LogP contribution in [0.15, 0.2) is 77.8 Å². The lowest BCUT2D eigenvalue weighted by Gasteiger charge is -2.16. The maximum absolute atomic E-state index is 13.3. The van der Waals surface area contributed by atoms with Crippen LogP contribution < -0.4 is 0 Å². The lowest BCUT2D eigenvalue weighted by molar-refractivity contribution is -0.126. The van der Waals surface area contributed by atoms with Gasteiger partial charge in [0.1, 0.15) is 0 Å². The lowest BCUT2D eigenvalue weighted by atomic mass is 10.1. The molecule has 1 heterocycles. The number of carboxylic acid groups (broad SMARTS) is 1. The van der Waals surface area contributed by atoms with Gasteiger partial charge in [-0.15, -0.1) is 0 Å². The summed E-state index contributed by atoms with van der Waals surface area (Å²) in [5.74, 6) is -1.04. The molecule has 1 fully saturated rings. The zero-order valence-electron chi connectivity index (χ0n) is 16.7. The Balaban J connectivity index is 1.63. The molecule has 8 heteroatoms. The van der Waals surface area contributed by atoms with Crippen molar-refractivity contribution in [3.05, 3.63) is 99.5 Å². The summed E-state index contributed by atoms with van der Waals surface area (Å²) in [5, 5.41) is 10.4. The van der Waals surface area contributed by atoms with Gasteiger partial charge in [-0.05, 0) is 60.0 Å². The van der Waals surface area contributed by atoms with Crippen molar-refractivity contribution >= 4 is 57.7 Å². The second kappa shape index (κ2) is 9.77. The van der Waals surface area contributed by atoms with Crippen LogP contribution in [0.1, 0.15) is 21.5 Å². The molecular formula is C24H18Cl2N2O3S. The van der Waals surface area contributed by atoms with Crippen LogP contribution >= 0.6 is 35.0 Å². The first-order chi connectivity index (χ1) is 15.4. The van der Waals surface area contributed by atoms with Crippen LogP contribution in [0.3, 0.4) is 0 Å². The fourth-order valence-corrected chi connectivity index (χ4v) is 5.14. The second-order valence-electron chi connectivity index (χ2n) is 7.24. The maximum atomic E-state index is 13.3. The van der Waals surface area contributed by atoms with E-state index >= 15 is 0 Å². The molecule has 0 saturated carbocycles. The van der Waals surface area contributed by atoms with Gasteiger partial charge in [0.25, 0.3) is 0 Å². The smallest absolute Gasteiger partial charge is 0.335 e. The summed E-state index contributed by atoms with van der Waals surface area (Å²) < 4.78 is 0. The average molecular weight is 485 g/mol. The van der Waals surface area contributed by atoms with Crippen LogP contribution in [0.25, 0.3) is 0 Å². The Hall–Kier alpha value is -2.80. The number of amidine groups is 1. The number of nitrogens with zero attached hydrogens (tertiary/aromatic N) is 2. The van der Waals surface area contributed by atoms with Crippen LogP contribution in [0.5, 0.6) is 0 Å². The third kappa shape index (κ3) is 5.33. The summed E-state index contributed by atoms with van der Waals surface area (Å²) in [6.07, 6.45) is 0.464. The number of halogens is 2. The van der Waals surface area contributed by atoms with E-state index in [9.17, 15) is 9.59 Å². The average Bonchev–Trinajstić information content (AvgIpc) is 3.03. The highest BCUT2D eigenvalue weighted by atomic mass is 35.5. The van der Waals surface area contributed by atoms with Gasteiger partial charge in [0.2, 0.25) is 5.91 Å². The molecule has 1 aliphatic heterocycles. The van der Waals surface area contributed by atoms with Crippen molar-refractivity contribution < 1.29 is 14.7 Å². The number of carbonyl (C=O) groups is 2. The Bertz CT molecular complexity index is 1160. The van der Waals surface area contributed by atoms with Crippen LogP contribution in [-0.4, -0.2) is 32.3 Å². The lowest BCUT2D eigenvalue weighted by Crippen LogP contribution is -2.32. The monoisotopic (exact) mass is 484 g/mol. The summed E-state index contributed by atoms with van der Waals surface area (Å²) in [6.45, 7) is 0.394. The number of benzene rings is 3. The molecule has 1 unspecified atom stereocenters. The Labute approximate surface area is 199 Å². The van der Waals surface area contributed by atoms with Crippen molar-refractivity contribution in [2.75, 3.05) is 0 Å². The first kappa shape index (κ1) is 22.4. The number of aromatic carboxylic acids is 1. The van der Waals surface area contributed by atoms with Crippen molar-refractivity contribution in [2.24, 2.45) is 4.99 Å². The van der Waals surface area contributed by atoms with Gasteiger partial charge in [0.15, 0.2) is 5.17 Å². The van der Waals surface area contributed by atoms with Crippen molar-refractivity contribution in [1.29, 1.82) is 0 Å². The second-order valence-corrected chi connectivity index (χ2v) is 9.29. The van der Waals surface area contributed by atoms with E-state index in [1.54, 1.807) is 23.1 Å². The van der Waals surface area contributed by atoms with E-state index < -0.39 is 5.97 Å². The van der Waals surface area contributed by atoms with E-state index in [0.717, 1.165) is 11.1 Å². The van der Waals surface area contributed by atoms with Gasteiger partial charge in [0.05, 0.1) is 23.0 Å². The summed E-state index contributed by atoms with van der Waals surface area (Å²) >= 11 is 13.6. The Kier molecular flexibility index (Phi) is 6.84. The van der Waals surface area contributed by atoms with Gasteiger partial charge in [-0.1, -0.05) is 65.3 Å². The van der Waals surface area contributed by atoms with Crippen molar-refractivity contribution in [2.45, 2.75) is 18.2 Å². The summed E-state index contributed by atoms with van der Waals surface area (Å²) in [6, 6.07) is 21.2. The molecular weight excluding hydrogens is 467 g/mol. The van der Waals surface area contributed by atoms with Gasteiger partial charge in [-0.2, -0.15) is 0 Å². The number of carbonyl (C=O) groups excluding carboxylic acids is 1. The van der Waals surface area contributed by atoms with Crippen molar-refractivity contribution in [1.82, 2.24) is 4.90 Å². The zero-order chi connectivity index (χ0) is 22.7. The van der Waals surface area contributed by atoms with Crippen molar-refractivity contribution in [3.8, 4) is 0 Å². The molecule has 5 nitrogen and oxygen atoms in total. The van der Waals surface area contributed by atoms with Crippen molar-refractivity contribution in [3.63, 3.8) is 0 Å². The summed E-state index contributed by atoms with van der Waals surface area (Å²) in [5.41, 5.74) is 2.62. The third-order valence-corrected chi connectivity index (χ3v) is 6.50. The highest BCUT2D eigenvalue weighted by Gasteiger charge is 2.38. The highest BCUT2D eigenvalue weighted by molar-refractivity contribution is 8.15. The molecule has 1 saturated heterocycles. The standard InChI is InChI=1S/C24H18Cl2N2O3S/c25-18-10-16(11-19(26)13-18)12-21-22(29)28(14-15-4-2-1-3-5-15)24(32-21)27-20-8-6-17(7-9-20)23(30)31/h1-11,13,21H,12,14H2,(H,30,31). The summed E-state index contributed by atoms with van der Waals surface area (Å²) in [7, 11) is 0. The summed E-state index contributed by atoms with van der Waals surface area (Å²) in [4.78, 5) is 30.7. The van der Waals surface area contributed by atoms with Gasteiger partial charge in [-0.3, -0.25) is 9.69 Å². The molecule has 0 aliphatic carbocycles. The van der Waals surface area contributed by atoms with Gasteiger partial charge in [0, 0.05) is 10.0 Å². The van der Waals surface area contributed by atoms with Gasteiger partial charge < -0.3 is 5.11 Å². The first-order valence-corrected chi connectivity index (χ1v) is 11.4. The quantitative estimate of drug-likeness (QED) is 0.461. The molecule has 0 radical (unpaired) electrons. The number of amides is 1. The third-order valence-electron chi connectivity index (χ3n) is 4.89. The molecule has 0 spiro atoms. The Morgan fingerprint density at radius 2 is 1.62 bits per heavy atom. The van der Waals surface area contributed by atoms with Crippen LogP contribution in [0.4, 0.5) is 5.69 Å². The Morgan fingerprint density at radius 1 is 0.969 bits per heavy atom. The number of aliphatic imine (C=N–C) groups is 1. The normalized spacial score (nSPS) is 17.2. The number of hydrogen-bond acceptors (Lipinski definition) is 4. The number of hydrogen-bond donors (Lipinski definition) is 1. The molecule has 0 bridgehead atoms. The van der Waals surface area contributed by atoms with E-state index in [0.29, 0.717) is 33.9 Å². The van der Waals surface area contributed by atoms with Crippen LogP contribution in [-0.2, 0) is 17.8 Å².